The lowest BCUT2D eigenvalue weighted by molar-refractivity contribution is -0.137. The third-order valence-electron chi connectivity index (χ3n) is 5.96. The van der Waals surface area contributed by atoms with Gasteiger partial charge in [-0.2, -0.15) is 0 Å². The molecule has 0 atom stereocenters. The second-order valence-corrected chi connectivity index (χ2v) is 8.42. The van der Waals surface area contributed by atoms with Crippen molar-refractivity contribution in [3.63, 3.8) is 0 Å². The Kier molecular flexibility index (Phi) is 8.05. The minimum Gasteiger partial charge on any atom is -0.481 e. The van der Waals surface area contributed by atoms with Crippen molar-refractivity contribution in [2.24, 2.45) is 5.92 Å². The Bertz CT molecular complexity index is 1010. The molecule has 0 fully saturated rings. The molecule has 0 spiro atoms. The van der Waals surface area contributed by atoms with Crippen LogP contribution >= 0.6 is 0 Å². The lowest BCUT2D eigenvalue weighted by Crippen LogP contribution is -2.05. The van der Waals surface area contributed by atoms with Crippen molar-refractivity contribution < 1.29 is 14.7 Å². The maximum atomic E-state index is 13.3. The number of benzene rings is 2. The molecular weight excluding hydrogens is 386 g/mol. The van der Waals surface area contributed by atoms with Crippen LogP contribution in [-0.2, 0) is 17.8 Å². The highest BCUT2D eigenvalue weighted by atomic mass is 16.4. The van der Waals surface area contributed by atoms with Gasteiger partial charge < -0.3 is 9.67 Å². The van der Waals surface area contributed by atoms with Gasteiger partial charge in [-0.3, -0.25) is 9.59 Å². The lowest BCUT2D eigenvalue weighted by atomic mass is 9.90. The molecule has 1 aromatic heterocycles. The smallest absolute Gasteiger partial charge is 0.303 e. The van der Waals surface area contributed by atoms with Crippen LogP contribution in [0, 0.1) is 5.92 Å². The van der Waals surface area contributed by atoms with Crippen molar-refractivity contribution in [1.82, 2.24) is 4.57 Å². The zero-order valence-electron chi connectivity index (χ0n) is 18.6. The first-order valence-electron chi connectivity index (χ1n) is 11.5. The second kappa shape index (κ2) is 10.9. The van der Waals surface area contributed by atoms with E-state index in [0.717, 1.165) is 17.3 Å². The number of aliphatic carboxylic acids is 1. The Labute approximate surface area is 184 Å². The van der Waals surface area contributed by atoms with Crippen LogP contribution in [0.1, 0.15) is 73.9 Å². The van der Waals surface area contributed by atoms with Gasteiger partial charge in [0.2, 0.25) is 0 Å². The van der Waals surface area contributed by atoms with Gasteiger partial charge in [-0.1, -0.05) is 82.0 Å². The molecule has 0 radical (unpaired) electrons. The molecule has 3 aromatic rings. The fourth-order valence-corrected chi connectivity index (χ4v) is 4.46. The first kappa shape index (κ1) is 22.8. The molecule has 0 bridgehead atoms. The molecule has 164 valence electrons. The fraction of sp³-hybridized carbons (Fsp3) is 0.407. The van der Waals surface area contributed by atoms with Crippen LogP contribution in [-0.4, -0.2) is 21.4 Å². The summed E-state index contributed by atoms with van der Waals surface area (Å²) in [6, 6.07) is 15.9. The molecular formula is C27H33NO3. The van der Waals surface area contributed by atoms with Crippen LogP contribution < -0.4 is 0 Å². The number of rotatable bonds is 12. The highest BCUT2D eigenvalue weighted by Crippen LogP contribution is 2.25. The van der Waals surface area contributed by atoms with Crippen molar-refractivity contribution in [3.05, 3.63) is 71.4 Å². The van der Waals surface area contributed by atoms with Gasteiger partial charge in [-0.05, 0) is 30.4 Å². The molecule has 4 heteroatoms. The summed E-state index contributed by atoms with van der Waals surface area (Å²) >= 11 is 0. The molecule has 0 amide bonds. The number of carboxylic acids is 1. The molecule has 2 aromatic carbocycles. The fourth-order valence-electron chi connectivity index (χ4n) is 4.46. The summed E-state index contributed by atoms with van der Waals surface area (Å²) in [5.41, 5.74) is 3.63. The van der Waals surface area contributed by atoms with E-state index in [1.54, 1.807) is 0 Å². The topological polar surface area (TPSA) is 59.3 Å². The maximum absolute atomic E-state index is 13.3. The average Bonchev–Trinajstić information content (AvgIpc) is 3.13. The third kappa shape index (κ3) is 5.84. The number of aryl methyl sites for hydroxylation is 1. The highest BCUT2D eigenvalue weighted by Gasteiger charge is 2.17. The van der Waals surface area contributed by atoms with Crippen molar-refractivity contribution in [2.75, 3.05) is 0 Å². The number of fused-ring (bicyclic) bond motifs is 1. The number of carboxylic acid groups (broad SMARTS) is 1. The molecule has 31 heavy (non-hydrogen) atoms. The van der Waals surface area contributed by atoms with Gasteiger partial charge in [-0.25, -0.2) is 0 Å². The van der Waals surface area contributed by atoms with Gasteiger partial charge >= 0.3 is 5.97 Å². The summed E-state index contributed by atoms with van der Waals surface area (Å²) in [5, 5.41) is 9.83. The standard InChI is InChI=1S/C27H33NO3/c1-3-8-20(9-4-2)18-21-13-15-22(16-14-21)27(31)24-19-28(17-7-12-26(29)30)25-11-6-5-10-23(24)25/h5-6,10-11,13-16,19-20H,3-4,7-9,12,17-18H2,1-2H3,(H,29,30). The first-order valence-corrected chi connectivity index (χ1v) is 11.5. The molecule has 0 saturated heterocycles. The zero-order valence-corrected chi connectivity index (χ0v) is 18.6. The summed E-state index contributed by atoms with van der Waals surface area (Å²) in [5.74, 6) is -0.0771. The molecule has 4 nitrogen and oxygen atoms in total. The van der Waals surface area contributed by atoms with E-state index in [-0.39, 0.29) is 12.2 Å². The largest absolute Gasteiger partial charge is 0.481 e. The Morgan fingerprint density at radius 1 is 0.968 bits per heavy atom. The number of hydrogen-bond donors (Lipinski definition) is 1. The quantitative estimate of drug-likeness (QED) is 0.341. The summed E-state index contributed by atoms with van der Waals surface area (Å²) in [6.07, 6.45) is 8.50. The summed E-state index contributed by atoms with van der Waals surface area (Å²) in [4.78, 5) is 24.1. The van der Waals surface area contributed by atoms with Gasteiger partial charge in [0.15, 0.2) is 5.78 Å². The number of carbonyl (C=O) groups excluding carboxylic acids is 1. The van der Waals surface area contributed by atoms with Crippen molar-refractivity contribution in [2.45, 2.75) is 65.3 Å². The molecule has 0 aliphatic rings. The van der Waals surface area contributed by atoms with Gasteiger partial charge in [-0.15, -0.1) is 0 Å². The van der Waals surface area contributed by atoms with E-state index >= 15 is 0 Å². The van der Waals surface area contributed by atoms with Crippen LogP contribution in [0.15, 0.2) is 54.7 Å². The predicted octanol–water partition coefficient (Wildman–Crippen LogP) is 6.50. The van der Waals surface area contributed by atoms with Crippen LogP contribution in [0.5, 0.6) is 0 Å². The summed E-state index contributed by atoms with van der Waals surface area (Å²) in [6.45, 7) is 5.06. The molecule has 1 N–H and O–H groups in total. The molecule has 0 aliphatic heterocycles. The van der Waals surface area contributed by atoms with E-state index in [9.17, 15) is 9.59 Å². The molecule has 0 aliphatic carbocycles. The Balaban J connectivity index is 1.80. The van der Waals surface area contributed by atoms with Crippen LogP contribution in [0.4, 0.5) is 0 Å². The Morgan fingerprint density at radius 3 is 2.29 bits per heavy atom. The number of nitrogens with zero attached hydrogens (tertiary/aromatic N) is 1. The van der Waals surface area contributed by atoms with Gasteiger partial charge in [0, 0.05) is 41.2 Å². The highest BCUT2D eigenvalue weighted by molar-refractivity contribution is 6.16. The normalized spacial score (nSPS) is 11.3. The SMILES string of the molecule is CCCC(CCC)Cc1ccc(C(=O)c2cn(CCCC(=O)O)c3ccccc23)cc1. The number of aromatic nitrogens is 1. The van der Waals surface area contributed by atoms with Crippen molar-refractivity contribution >= 4 is 22.7 Å². The zero-order chi connectivity index (χ0) is 22.2. The molecule has 1 heterocycles. The molecule has 0 saturated carbocycles. The van der Waals surface area contributed by atoms with E-state index in [0.29, 0.717) is 30.0 Å². The molecule has 0 unspecified atom stereocenters. The number of hydrogen-bond acceptors (Lipinski definition) is 2. The van der Waals surface area contributed by atoms with Crippen LogP contribution in [0.3, 0.4) is 0 Å². The van der Waals surface area contributed by atoms with E-state index in [4.69, 9.17) is 5.11 Å². The van der Waals surface area contributed by atoms with Gasteiger partial charge in [0.25, 0.3) is 0 Å². The number of carbonyl (C=O) groups is 2. The minimum absolute atomic E-state index is 0.0124. The average molecular weight is 420 g/mol. The Hall–Kier alpha value is -2.88. The monoisotopic (exact) mass is 419 g/mol. The van der Waals surface area contributed by atoms with E-state index in [1.165, 1.54) is 31.2 Å². The van der Waals surface area contributed by atoms with Gasteiger partial charge in [0.05, 0.1) is 0 Å². The summed E-state index contributed by atoms with van der Waals surface area (Å²) < 4.78 is 2.00. The molecule has 3 rings (SSSR count). The Morgan fingerprint density at radius 2 is 1.65 bits per heavy atom. The third-order valence-corrected chi connectivity index (χ3v) is 5.96. The van der Waals surface area contributed by atoms with Crippen molar-refractivity contribution in [1.29, 1.82) is 0 Å². The van der Waals surface area contributed by atoms with Gasteiger partial charge in [0.1, 0.15) is 0 Å². The van der Waals surface area contributed by atoms with E-state index < -0.39 is 5.97 Å². The first-order chi connectivity index (χ1) is 15.0. The van der Waals surface area contributed by atoms with E-state index in [2.05, 4.69) is 26.0 Å². The number of ketones is 1. The lowest BCUT2D eigenvalue weighted by Gasteiger charge is -2.15. The summed E-state index contributed by atoms with van der Waals surface area (Å²) in [7, 11) is 0. The van der Waals surface area contributed by atoms with Crippen molar-refractivity contribution in [3.8, 4) is 0 Å². The number of para-hydroxylation sites is 1. The second-order valence-electron chi connectivity index (χ2n) is 8.42. The van der Waals surface area contributed by atoms with Crippen LogP contribution in [0.2, 0.25) is 0 Å². The maximum Gasteiger partial charge on any atom is 0.303 e. The predicted molar refractivity (Wildman–Crippen MR) is 126 cm³/mol. The van der Waals surface area contributed by atoms with E-state index in [1.807, 2.05) is 47.2 Å². The minimum atomic E-state index is -0.798. The van der Waals surface area contributed by atoms with Crippen LogP contribution in [0.25, 0.3) is 10.9 Å².